The summed E-state index contributed by atoms with van der Waals surface area (Å²) in [5.74, 6) is 0.546. The molecule has 0 saturated carbocycles. The molecule has 1 unspecified atom stereocenters. The summed E-state index contributed by atoms with van der Waals surface area (Å²) in [5.41, 5.74) is 1.05. The highest BCUT2D eigenvalue weighted by molar-refractivity contribution is 7.42. The fourth-order valence-electron chi connectivity index (χ4n) is 0.776. The van der Waals surface area contributed by atoms with Gasteiger partial charge in [-0.3, -0.25) is 0 Å². The molecule has 1 rings (SSSR count). The Labute approximate surface area is 77.1 Å². The van der Waals surface area contributed by atoms with Gasteiger partial charge < -0.3 is 9.42 Å². The molecular weight excluding hydrogens is 199 g/mol. The van der Waals surface area contributed by atoms with Crippen molar-refractivity contribution in [1.82, 2.24) is 0 Å². The first-order chi connectivity index (χ1) is 5.72. The zero-order valence-electron chi connectivity index (χ0n) is 6.40. The second-order valence-corrected chi connectivity index (χ2v) is 3.42. The van der Waals surface area contributed by atoms with Gasteiger partial charge in [0, 0.05) is 0 Å². The molecule has 0 aliphatic heterocycles. The first-order valence-corrected chi connectivity index (χ1v) is 4.68. The Balaban J connectivity index is 2.63. The molecule has 0 aliphatic rings. The Kier molecular flexibility index (Phi) is 3.76. The van der Waals surface area contributed by atoms with Crippen molar-refractivity contribution in [2.24, 2.45) is 0 Å². The zero-order valence-corrected chi connectivity index (χ0v) is 8.05. The third-order valence-corrected chi connectivity index (χ3v) is 2.07. The fourth-order valence-corrected chi connectivity index (χ4v) is 1.18. The maximum atomic E-state index is 8.89. The van der Waals surface area contributed by atoms with E-state index in [-0.39, 0.29) is 0 Å². The summed E-state index contributed by atoms with van der Waals surface area (Å²) < 4.78 is 8.97. The van der Waals surface area contributed by atoms with Crippen LogP contribution in [0.15, 0.2) is 24.3 Å². The molecule has 0 spiro atoms. The molecule has 0 fully saturated rings. The molecule has 0 radical (unpaired) electrons. The number of rotatable bonds is 3. The van der Waals surface area contributed by atoms with Crippen LogP contribution in [0.25, 0.3) is 0 Å². The summed E-state index contributed by atoms with van der Waals surface area (Å²) >= 11 is 4.90. The van der Waals surface area contributed by atoms with Crippen molar-refractivity contribution < 1.29 is 13.5 Å². The Hall–Kier alpha value is -0.340. The van der Waals surface area contributed by atoms with Gasteiger partial charge in [0.05, 0.1) is 11.9 Å². The van der Waals surface area contributed by atoms with Gasteiger partial charge in [0.25, 0.3) is 0 Å². The van der Waals surface area contributed by atoms with Crippen molar-refractivity contribution in [3.05, 3.63) is 29.8 Å². The Bertz CT molecular complexity index is 256. The van der Waals surface area contributed by atoms with Gasteiger partial charge in [-0.05, 0) is 24.6 Å². The Morgan fingerprint density at radius 1 is 1.50 bits per heavy atom. The lowest BCUT2D eigenvalue weighted by atomic mass is 10.2. The molecule has 1 aromatic rings. The molecule has 0 amide bonds. The molecule has 0 heterocycles. The summed E-state index contributed by atoms with van der Waals surface area (Å²) in [6, 6.07) is 7.24. The summed E-state index contributed by atoms with van der Waals surface area (Å²) in [7, 11) is -2.00. The summed E-state index contributed by atoms with van der Waals surface area (Å²) in [5, 5.41) is 0. The lowest BCUT2D eigenvalue weighted by Gasteiger charge is -2.06. The van der Waals surface area contributed by atoms with Crippen LogP contribution in [-0.2, 0) is 4.08 Å². The minimum atomic E-state index is -2.00. The summed E-state index contributed by atoms with van der Waals surface area (Å²) in [4.78, 5) is 8.89. The average Bonchev–Trinajstić information content (AvgIpc) is 2.04. The van der Waals surface area contributed by atoms with E-state index in [0.29, 0.717) is 5.75 Å². The molecule has 0 aromatic heterocycles. The van der Waals surface area contributed by atoms with Gasteiger partial charge in [0.2, 0.25) is 0 Å². The highest BCUT2D eigenvalue weighted by Gasteiger charge is 2.06. The van der Waals surface area contributed by atoms with Crippen LogP contribution in [0.1, 0.15) is 5.56 Å². The Morgan fingerprint density at radius 3 is 2.83 bits per heavy atom. The van der Waals surface area contributed by atoms with E-state index in [9.17, 15) is 0 Å². The van der Waals surface area contributed by atoms with Gasteiger partial charge in [-0.1, -0.05) is 12.1 Å². The molecule has 0 bridgehead atoms. The second-order valence-electron chi connectivity index (χ2n) is 2.21. The van der Waals surface area contributed by atoms with Crippen molar-refractivity contribution in [1.29, 1.82) is 0 Å². The van der Waals surface area contributed by atoms with E-state index in [1.807, 2.05) is 19.1 Å². The second kappa shape index (κ2) is 4.63. The number of benzene rings is 1. The van der Waals surface area contributed by atoms with Crippen LogP contribution in [0.3, 0.4) is 0 Å². The van der Waals surface area contributed by atoms with Gasteiger partial charge in [-0.2, -0.15) is 4.08 Å². The van der Waals surface area contributed by atoms with Crippen molar-refractivity contribution in [3.63, 3.8) is 0 Å². The normalized spacial score (nSPS) is 12.6. The highest BCUT2D eigenvalue weighted by Crippen LogP contribution is 2.35. The predicted molar refractivity (Wildman–Crippen MR) is 47.9 cm³/mol. The van der Waals surface area contributed by atoms with Gasteiger partial charge in [-0.25, -0.2) is 0 Å². The largest absolute Gasteiger partial charge is 0.426 e. The lowest BCUT2D eigenvalue weighted by Crippen LogP contribution is -1.85. The quantitative estimate of drug-likeness (QED) is 0.773. The molecule has 12 heavy (non-hydrogen) atoms. The van der Waals surface area contributed by atoms with E-state index in [1.165, 1.54) is 0 Å². The smallest absolute Gasteiger partial charge is 0.412 e. The van der Waals surface area contributed by atoms with Gasteiger partial charge in [0.15, 0.2) is 0 Å². The number of halogens is 1. The van der Waals surface area contributed by atoms with Crippen LogP contribution in [-0.4, -0.2) is 4.89 Å². The molecule has 0 saturated heterocycles. The molecular formula is C7H8ClO3P. The van der Waals surface area contributed by atoms with Crippen molar-refractivity contribution >= 4 is 20.5 Å². The molecule has 1 aromatic carbocycles. The number of hydrogen-bond acceptors (Lipinski definition) is 3. The average molecular weight is 207 g/mol. The molecule has 0 aliphatic carbocycles. The number of aryl methyl sites for hydroxylation is 1. The van der Waals surface area contributed by atoms with Crippen molar-refractivity contribution in [2.45, 2.75) is 6.92 Å². The molecule has 1 N–H and O–H groups in total. The molecule has 66 valence electrons. The maximum Gasteiger partial charge on any atom is 0.412 e. The van der Waals surface area contributed by atoms with Crippen LogP contribution in [0.4, 0.5) is 0 Å². The van der Waals surface area contributed by atoms with E-state index in [1.54, 1.807) is 12.1 Å². The van der Waals surface area contributed by atoms with E-state index < -0.39 is 8.60 Å². The van der Waals surface area contributed by atoms with Gasteiger partial charge in [0.1, 0.15) is 5.75 Å². The van der Waals surface area contributed by atoms with Crippen LogP contribution in [0, 0.1) is 6.92 Å². The monoisotopic (exact) mass is 206 g/mol. The summed E-state index contributed by atoms with van der Waals surface area (Å²) in [6.07, 6.45) is 0. The first kappa shape index (κ1) is 9.75. The van der Waals surface area contributed by atoms with E-state index in [4.69, 9.17) is 21.3 Å². The first-order valence-electron chi connectivity index (χ1n) is 3.24. The van der Waals surface area contributed by atoms with E-state index in [2.05, 4.69) is 4.08 Å². The van der Waals surface area contributed by atoms with Crippen LogP contribution >= 0.6 is 20.5 Å². The third-order valence-electron chi connectivity index (χ3n) is 1.23. The van der Waals surface area contributed by atoms with Gasteiger partial charge >= 0.3 is 8.60 Å². The van der Waals surface area contributed by atoms with Crippen LogP contribution in [0.2, 0.25) is 0 Å². The lowest BCUT2D eigenvalue weighted by molar-refractivity contribution is 0.396. The van der Waals surface area contributed by atoms with Crippen LogP contribution in [0.5, 0.6) is 5.75 Å². The third kappa shape index (κ3) is 2.95. The molecule has 5 heteroatoms. The molecule has 3 nitrogen and oxygen atoms in total. The minimum absolute atomic E-state index is 0.546. The minimum Gasteiger partial charge on any atom is -0.426 e. The zero-order chi connectivity index (χ0) is 8.97. The standard InChI is InChI=1S/C7H8ClO3P/c1-6-3-2-4-7(5-6)10-12(9)11-8/h2-5,9H,1H3. The highest BCUT2D eigenvalue weighted by atomic mass is 35.5. The van der Waals surface area contributed by atoms with Crippen molar-refractivity contribution in [2.75, 3.05) is 0 Å². The Morgan fingerprint density at radius 2 is 2.25 bits per heavy atom. The van der Waals surface area contributed by atoms with Crippen molar-refractivity contribution in [3.8, 4) is 5.75 Å². The number of hydrogen-bond donors (Lipinski definition) is 1. The van der Waals surface area contributed by atoms with Gasteiger partial charge in [-0.15, -0.1) is 0 Å². The maximum absolute atomic E-state index is 8.89. The summed E-state index contributed by atoms with van der Waals surface area (Å²) in [6.45, 7) is 1.92. The molecule has 1 atom stereocenters. The SMILES string of the molecule is Cc1cccc(OP(O)OCl)c1. The van der Waals surface area contributed by atoms with E-state index >= 15 is 0 Å². The van der Waals surface area contributed by atoms with E-state index in [0.717, 1.165) is 5.56 Å². The fraction of sp³-hybridized carbons (Fsp3) is 0.143. The predicted octanol–water partition coefficient (Wildman–Crippen LogP) is 2.76. The van der Waals surface area contributed by atoms with Crippen LogP contribution < -0.4 is 4.52 Å². The topological polar surface area (TPSA) is 38.7 Å².